The number of likely N-dealkylation sites (tertiary alicyclic amines) is 1. The molecule has 0 spiro atoms. The van der Waals surface area contributed by atoms with Crippen molar-refractivity contribution < 1.29 is 14.7 Å². The van der Waals surface area contributed by atoms with Crippen LogP contribution in [0.3, 0.4) is 0 Å². The van der Waals surface area contributed by atoms with Gasteiger partial charge in [-0.3, -0.25) is 4.79 Å². The van der Waals surface area contributed by atoms with Crippen LogP contribution in [0.2, 0.25) is 0 Å². The number of nitrogens with zero attached hydrogens (tertiary/aromatic N) is 2. The molecule has 2 heterocycles. The molecule has 28 heavy (non-hydrogen) atoms. The Morgan fingerprint density at radius 2 is 2.00 bits per heavy atom. The maximum absolute atomic E-state index is 12.9. The molecule has 2 N–H and O–H groups in total. The van der Waals surface area contributed by atoms with E-state index in [2.05, 4.69) is 9.97 Å². The van der Waals surface area contributed by atoms with Crippen molar-refractivity contribution in [2.24, 2.45) is 5.92 Å². The molecule has 1 aliphatic rings. The fourth-order valence-corrected chi connectivity index (χ4v) is 3.66. The van der Waals surface area contributed by atoms with Crippen molar-refractivity contribution in [3.05, 3.63) is 63.3 Å². The second-order valence-electron chi connectivity index (χ2n) is 7.71. The predicted octanol–water partition coefficient (Wildman–Crippen LogP) is 2.69. The van der Waals surface area contributed by atoms with Crippen LogP contribution in [0, 0.1) is 5.92 Å². The van der Waals surface area contributed by atoms with Crippen LogP contribution < -0.4 is 5.69 Å². The lowest BCUT2D eigenvalue weighted by molar-refractivity contribution is 0.0692. The summed E-state index contributed by atoms with van der Waals surface area (Å²) < 4.78 is 0. The van der Waals surface area contributed by atoms with Crippen molar-refractivity contribution in [2.75, 3.05) is 13.1 Å². The third kappa shape index (κ3) is 4.65. The van der Waals surface area contributed by atoms with Gasteiger partial charge < -0.3 is 15.0 Å². The van der Waals surface area contributed by atoms with Crippen molar-refractivity contribution in [3.8, 4) is 0 Å². The van der Waals surface area contributed by atoms with Gasteiger partial charge in [0.2, 0.25) is 0 Å². The molecule has 0 aliphatic carbocycles. The number of amides is 1. The van der Waals surface area contributed by atoms with E-state index in [1.54, 1.807) is 23.1 Å². The summed E-state index contributed by atoms with van der Waals surface area (Å²) >= 11 is 0. The van der Waals surface area contributed by atoms with Crippen LogP contribution in [-0.2, 0) is 6.42 Å². The van der Waals surface area contributed by atoms with Crippen molar-refractivity contribution in [1.29, 1.82) is 0 Å². The molecule has 1 aromatic carbocycles. The molecular formula is C21H25N3O4. The van der Waals surface area contributed by atoms with Crippen LogP contribution in [0.1, 0.15) is 64.7 Å². The molecule has 1 amide bonds. The molecule has 1 saturated heterocycles. The Balaban J connectivity index is 1.76. The molecule has 3 rings (SSSR count). The summed E-state index contributed by atoms with van der Waals surface area (Å²) in [6.07, 6.45) is 2.45. The first kappa shape index (κ1) is 19.8. The zero-order valence-electron chi connectivity index (χ0n) is 16.1. The van der Waals surface area contributed by atoms with Crippen molar-refractivity contribution in [3.63, 3.8) is 0 Å². The van der Waals surface area contributed by atoms with E-state index in [1.807, 2.05) is 26.0 Å². The number of carbonyl (C=O) groups excluding carboxylic acids is 1. The summed E-state index contributed by atoms with van der Waals surface area (Å²) in [4.78, 5) is 44.1. The number of piperidine rings is 1. The summed E-state index contributed by atoms with van der Waals surface area (Å²) in [6.45, 7) is 5.24. The molecule has 1 aliphatic heterocycles. The standard InChI is InChI=1S/C21H25N3O4/c1-13(2)10-17-11-18(23-21(28)22-17)19(25)24-9-3-4-16(12-24)14-5-7-15(8-6-14)20(26)27/h5-8,11,13,16H,3-4,9-10,12H2,1-2H3,(H,26,27)(H,22,23,28)/t16-/m1/s1. The Labute approximate surface area is 163 Å². The number of benzene rings is 1. The van der Waals surface area contributed by atoms with Crippen molar-refractivity contribution in [2.45, 2.75) is 39.0 Å². The summed E-state index contributed by atoms with van der Waals surface area (Å²) in [7, 11) is 0. The Morgan fingerprint density at radius 1 is 1.29 bits per heavy atom. The summed E-state index contributed by atoms with van der Waals surface area (Å²) in [5.41, 5.74) is 1.66. The molecule has 1 fully saturated rings. The van der Waals surface area contributed by atoms with Crippen molar-refractivity contribution in [1.82, 2.24) is 14.9 Å². The first-order valence-electron chi connectivity index (χ1n) is 9.56. The molecule has 0 unspecified atom stereocenters. The predicted molar refractivity (Wildman–Crippen MR) is 105 cm³/mol. The topological polar surface area (TPSA) is 103 Å². The number of carboxylic acids is 1. The molecule has 1 atom stereocenters. The number of aromatic amines is 1. The Hall–Kier alpha value is -2.96. The van der Waals surface area contributed by atoms with Gasteiger partial charge in [0, 0.05) is 24.7 Å². The molecule has 0 saturated carbocycles. The lowest BCUT2D eigenvalue weighted by atomic mass is 9.90. The number of hydrogen-bond donors (Lipinski definition) is 2. The third-order valence-corrected chi connectivity index (χ3v) is 4.99. The smallest absolute Gasteiger partial charge is 0.345 e. The van der Waals surface area contributed by atoms with Crippen LogP contribution in [-0.4, -0.2) is 44.9 Å². The van der Waals surface area contributed by atoms with E-state index in [9.17, 15) is 14.4 Å². The molecular weight excluding hydrogens is 358 g/mol. The lowest BCUT2D eigenvalue weighted by Gasteiger charge is -2.33. The number of carboxylic acid groups (broad SMARTS) is 1. The second-order valence-corrected chi connectivity index (χ2v) is 7.71. The van der Waals surface area contributed by atoms with Crippen LogP contribution in [0.15, 0.2) is 35.1 Å². The quantitative estimate of drug-likeness (QED) is 0.826. The van der Waals surface area contributed by atoms with E-state index in [0.717, 1.165) is 24.1 Å². The second kappa shape index (κ2) is 8.37. The Bertz CT molecular complexity index is 918. The maximum Gasteiger partial charge on any atom is 0.345 e. The third-order valence-electron chi connectivity index (χ3n) is 4.99. The number of aromatic nitrogens is 2. The fraction of sp³-hybridized carbons (Fsp3) is 0.429. The van der Waals surface area contributed by atoms with Crippen LogP contribution in [0.4, 0.5) is 0 Å². The van der Waals surface area contributed by atoms with E-state index < -0.39 is 11.7 Å². The summed E-state index contributed by atoms with van der Waals surface area (Å²) in [5.74, 6) is -0.695. The molecule has 0 radical (unpaired) electrons. The van der Waals surface area contributed by atoms with Gasteiger partial charge in [0.1, 0.15) is 5.69 Å². The van der Waals surface area contributed by atoms with E-state index in [-0.39, 0.29) is 23.1 Å². The number of aromatic carboxylic acids is 1. The van der Waals surface area contributed by atoms with Gasteiger partial charge >= 0.3 is 11.7 Å². The Morgan fingerprint density at radius 3 is 2.64 bits per heavy atom. The molecule has 2 aromatic rings. The number of rotatable bonds is 5. The highest BCUT2D eigenvalue weighted by molar-refractivity contribution is 5.92. The SMILES string of the molecule is CC(C)Cc1cc(C(=O)N2CCC[C@@H](c3ccc(C(=O)O)cc3)C2)nc(=O)[nH]1. The van der Waals surface area contributed by atoms with Gasteiger partial charge in [0.15, 0.2) is 0 Å². The van der Waals surface area contributed by atoms with Crippen LogP contribution >= 0.6 is 0 Å². The van der Waals surface area contributed by atoms with Crippen LogP contribution in [0.25, 0.3) is 0 Å². The zero-order valence-corrected chi connectivity index (χ0v) is 16.1. The lowest BCUT2D eigenvalue weighted by Crippen LogP contribution is -2.40. The number of carbonyl (C=O) groups is 2. The van der Waals surface area contributed by atoms with Crippen LogP contribution in [0.5, 0.6) is 0 Å². The van der Waals surface area contributed by atoms with E-state index in [0.29, 0.717) is 25.4 Å². The minimum absolute atomic E-state index is 0.137. The van der Waals surface area contributed by atoms with Gasteiger partial charge in [-0.1, -0.05) is 26.0 Å². The number of hydrogen-bond acceptors (Lipinski definition) is 4. The summed E-state index contributed by atoms with van der Waals surface area (Å²) in [6, 6.07) is 8.49. The molecule has 7 nitrogen and oxygen atoms in total. The van der Waals surface area contributed by atoms with Crippen molar-refractivity contribution >= 4 is 11.9 Å². The number of H-pyrrole nitrogens is 1. The zero-order chi connectivity index (χ0) is 20.3. The normalized spacial score (nSPS) is 17.0. The van der Waals surface area contributed by atoms with Gasteiger partial charge in [0.25, 0.3) is 5.91 Å². The molecule has 0 bridgehead atoms. The average molecular weight is 383 g/mol. The first-order chi connectivity index (χ1) is 13.3. The van der Waals surface area contributed by atoms with E-state index in [1.165, 1.54) is 0 Å². The Kier molecular flexibility index (Phi) is 5.92. The highest BCUT2D eigenvalue weighted by Gasteiger charge is 2.27. The van der Waals surface area contributed by atoms with Gasteiger partial charge in [-0.2, -0.15) is 4.98 Å². The van der Waals surface area contributed by atoms with Gasteiger partial charge in [-0.05, 0) is 48.9 Å². The average Bonchev–Trinajstić information content (AvgIpc) is 2.66. The van der Waals surface area contributed by atoms with Gasteiger partial charge in [0.05, 0.1) is 5.56 Å². The summed E-state index contributed by atoms with van der Waals surface area (Å²) in [5, 5.41) is 9.04. The number of nitrogens with one attached hydrogen (secondary N) is 1. The molecule has 1 aromatic heterocycles. The highest BCUT2D eigenvalue weighted by Crippen LogP contribution is 2.28. The monoisotopic (exact) mass is 383 g/mol. The molecule has 148 valence electrons. The fourth-order valence-electron chi connectivity index (χ4n) is 3.66. The minimum Gasteiger partial charge on any atom is -0.478 e. The van der Waals surface area contributed by atoms with E-state index in [4.69, 9.17) is 5.11 Å². The van der Waals surface area contributed by atoms with E-state index >= 15 is 0 Å². The maximum atomic E-state index is 12.9. The highest BCUT2D eigenvalue weighted by atomic mass is 16.4. The molecule has 7 heteroatoms. The van der Waals surface area contributed by atoms with Gasteiger partial charge in [-0.25, -0.2) is 9.59 Å². The largest absolute Gasteiger partial charge is 0.478 e. The van der Waals surface area contributed by atoms with Gasteiger partial charge in [-0.15, -0.1) is 0 Å². The first-order valence-corrected chi connectivity index (χ1v) is 9.56. The minimum atomic E-state index is -0.954.